The SMILES string of the molecule is NC[C@H](C(=O)Nc1ccc(N2CCOCC2=O)c(C(F)(F)F)c1)N(CC1CCC1)C1CCC1. The van der Waals surface area contributed by atoms with Gasteiger partial charge >= 0.3 is 6.18 Å². The molecule has 182 valence electrons. The van der Waals surface area contributed by atoms with Crippen LogP contribution < -0.4 is 16.0 Å². The van der Waals surface area contributed by atoms with Crippen molar-refractivity contribution in [1.82, 2.24) is 4.90 Å². The Labute approximate surface area is 191 Å². The number of rotatable bonds is 8. The highest BCUT2D eigenvalue weighted by atomic mass is 19.4. The van der Waals surface area contributed by atoms with E-state index in [4.69, 9.17) is 10.5 Å². The summed E-state index contributed by atoms with van der Waals surface area (Å²) < 4.78 is 46.5. The Morgan fingerprint density at radius 1 is 1.24 bits per heavy atom. The Balaban J connectivity index is 1.54. The van der Waals surface area contributed by atoms with E-state index in [0.29, 0.717) is 12.0 Å². The van der Waals surface area contributed by atoms with E-state index >= 15 is 0 Å². The van der Waals surface area contributed by atoms with Gasteiger partial charge in [0.15, 0.2) is 0 Å². The summed E-state index contributed by atoms with van der Waals surface area (Å²) >= 11 is 0. The van der Waals surface area contributed by atoms with Crippen molar-refractivity contribution in [3.8, 4) is 0 Å². The molecular weight excluding hydrogens is 437 g/mol. The van der Waals surface area contributed by atoms with Gasteiger partial charge < -0.3 is 20.7 Å². The number of nitrogens with zero attached hydrogens (tertiary/aromatic N) is 2. The number of nitrogens with one attached hydrogen (secondary N) is 1. The summed E-state index contributed by atoms with van der Waals surface area (Å²) in [4.78, 5) is 28.5. The number of benzene rings is 1. The number of hydrogen-bond donors (Lipinski definition) is 2. The van der Waals surface area contributed by atoms with Gasteiger partial charge in [0, 0.05) is 31.4 Å². The molecule has 2 saturated carbocycles. The van der Waals surface area contributed by atoms with Crippen molar-refractivity contribution in [2.75, 3.05) is 43.1 Å². The van der Waals surface area contributed by atoms with Crippen LogP contribution in [0.15, 0.2) is 18.2 Å². The molecule has 1 aliphatic heterocycles. The molecule has 3 fully saturated rings. The van der Waals surface area contributed by atoms with Crippen molar-refractivity contribution in [3.05, 3.63) is 23.8 Å². The fourth-order valence-corrected chi connectivity index (χ4v) is 4.69. The largest absolute Gasteiger partial charge is 0.418 e. The van der Waals surface area contributed by atoms with Crippen LogP contribution in [0.3, 0.4) is 0 Å². The highest BCUT2D eigenvalue weighted by molar-refractivity contribution is 5.98. The Bertz CT molecular complexity index is 871. The van der Waals surface area contributed by atoms with Gasteiger partial charge in [-0.2, -0.15) is 13.2 Å². The summed E-state index contributed by atoms with van der Waals surface area (Å²) in [6.07, 6.45) is 1.91. The maximum Gasteiger partial charge on any atom is 0.418 e. The number of carbonyl (C=O) groups excluding carboxylic acids is 2. The van der Waals surface area contributed by atoms with Crippen LogP contribution in [-0.2, 0) is 20.5 Å². The van der Waals surface area contributed by atoms with E-state index in [1.165, 1.54) is 18.6 Å². The lowest BCUT2D eigenvalue weighted by Gasteiger charge is -2.44. The van der Waals surface area contributed by atoms with Gasteiger partial charge in [0.2, 0.25) is 5.91 Å². The molecule has 0 spiro atoms. The third-order valence-corrected chi connectivity index (χ3v) is 7.01. The number of ether oxygens (including phenoxy) is 1. The topological polar surface area (TPSA) is 87.9 Å². The first kappa shape index (κ1) is 24.0. The molecule has 1 aromatic rings. The van der Waals surface area contributed by atoms with Gasteiger partial charge in [0.05, 0.1) is 17.9 Å². The fourth-order valence-electron chi connectivity index (χ4n) is 4.69. The number of halogens is 3. The number of amides is 2. The molecule has 0 bridgehead atoms. The lowest BCUT2D eigenvalue weighted by atomic mass is 9.82. The zero-order valence-electron chi connectivity index (χ0n) is 18.6. The molecule has 10 heteroatoms. The van der Waals surface area contributed by atoms with Crippen molar-refractivity contribution in [1.29, 1.82) is 0 Å². The third-order valence-electron chi connectivity index (χ3n) is 7.01. The molecule has 1 saturated heterocycles. The molecule has 33 heavy (non-hydrogen) atoms. The van der Waals surface area contributed by atoms with Crippen LogP contribution in [0, 0.1) is 5.92 Å². The molecule has 0 unspecified atom stereocenters. The third kappa shape index (κ3) is 5.33. The van der Waals surface area contributed by atoms with Gasteiger partial charge in [-0.25, -0.2) is 0 Å². The number of alkyl halides is 3. The Morgan fingerprint density at radius 3 is 2.52 bits per heavy atom. The van der Waals surface area contributed by atoms with Crippen LogP contribution in [0.2, 0.25) is 0 Å². The highest BCUT2D eigenvalue weighted by Crippen LogP contribution is 2.39. The summed E-state index contributed by atoms with van der Waals surface area (Å²) in [5.41, 5.74) is 4.81. The van der Waals surface area contributed by atoms with Gasteiger partial charge in [-0.15, -0.1) is 0 Å². The fraction of sp³-hybridized carbons (Fsp3) is 0.652. The Kier molecular flexibility index (Phi) is 7.25. The maximum absolute atomic E-state index is 13.8. The van der Waals surface area contributed by atoms with Crippen molar-refractivity contribution in [3.63, 3.8) is 0 Å². The van der Waals surface area contributed by atoms with Crippen LogP contribution in [0.1, 0.15) is 44.1 Å². The minimum absolute atomic E-state index is 0.0347. The monoisotopic (exact) mass is 468 g/mol. The summed E-state index contributed by atoms with van der Waals surface area (Å²) in [5.74, 6) is -0.375. The summed E-state index contributed by atoms with van der Waals surface area (Å²) in [7, 11) is 0. The number of morpholine rings is 1. The maximum atomic E-state index is 13.8. The molecule has 3 aliphatic rings. The highest BCUT2D eigenvalue weighted by Gasteiger charge is 2.39. The van der Waals surface area contributed by atoms with E-state index in [-0.39, 0.29) is 37.7 Å². The summed E-state index contributed by atoms with van der Waals surface area (Å²) in [5, 5.41) is 2.65. The summed E-state index contributed by atoms with van der Waals surface area (Å²) in [6.45, 7) is 0.845. The minimum atomic E-state index is -4.69. The van der Waals surface area contributed by atoms with E-state index in [1.54, 1.807) is 0 Å². The average Bonchev–Trinajstić information content (AvgIpc) is 2.69. The molecule has 0 aromatic heterocycles. The Morgan fingerprint density at radius 2 is 1.97 bits per heavy atom. The predicted octanol–water partition coefficient (Wildman–Crippen LogP) is 2.99. The number of nitrogens with two attached hydrogens (primary N) is 1. The quantitative estimate of drug-likeness (QED) is 0.613. The second-order valence-corrected chi connectivity index (χ2v) is 9.15. The van der Waals surface area contributed by atoms with Crippen LogP contribution in [-0.4, -0.2) is 61.6 Å². The predicted molar refractivity (Wildman–Crippen MR) is 118 cm³/mol. The van der Waals surface area contributed by atoms with Crippen molar-refractivity contribution >= 4 is 23.2 Å². The summed E-state index contributed by atoms with van der Waals surface area (Å²) in [6, 6.07) is 3.23. The molecule has 3 N–H and O–H groups in total. The smallest absolute Gasteiger partial charge is 0.370 e. The normalized spacial score (nSPS) is 21.0. The molecular formula is C23H31F3N4O3. The van der Waals surface area contributed by atoms with Gasteiger partial charge in [-0.3, -0.25) is 14.5 Å². The van der Waals surface area contributed by atoms with Gasteiger partial charge in [0.25, 0.3) is 5.91 Å². The molecule has 0 radical (unpaired) electrons. The molecule has 2 amide bonds. The van der Waals surface area contributed by atoms with Gasteiger partial charge in [0.1, 0.15) is 12.6 Å². The van der Waals surface area contributed by atoms with E-state index in [2.05, 4.69) is 10.2 Å². The lowest BCUT2D eigenvalue weighted by Crippen LogP contribution is -2.56. The average molecular weight is 469 g/mol. The number of anilines is 2. The van der Waals surface area contributed by atoms with Crippen molar-refractivity contribution in [2.45, 2.75) is 56.8 Å². The van der Waals surface area contributed by atoms with Gasteiger partial charge in [-0.05, 0) is 49.8 Å². The first-order chi connectivity index (χ1) is 15.8. The van der Waals surface area contributed by atoms with Crippen LogP contribution in [0.4, 0.5) is 24.5 Å². The lowest BCUT2D eigenvalue weighted by molar-refractivity contribution is -0.137. The van der Waals surface area contributed by atoms with Crippen molar-refractivity contribution < 1.29 is 27.5 Å². The van der Waals surface area contributed by atoms with E-state index < -0.39 is 29.6 Å². The molecule has 1 heterocycles. The first-order valence-corrected chi connectivity index (χ1v) is 11.6. The second kappa shape index (κ2) is 9.99. The van der Waals surface area contributed by atoms with E-state index in [0.717, 1.165) is 49.6 Å². The number of hydrogen-bond acceptors (Lipinski definition) is 5. The van der Waals surface area contributed by atoms with E-state index in [1.807, 2.05) is 0 Å². The molecule has 1 atom stereocenters. The Hall–Kier alpha value is -2.17. The minimum Gasteiger partial charge on any atom is -0.370 e. The molecule has 7 nitrogen and oxygen atoms in total. The molecule has 4 rings (SSSR count). The van der Waals surface area contributed by atoms with E-state index in [9.17, 15) is 22.8 Å². The van der Waals surface area contributed by atoms with Gasteiger partial charge in [-0.1, -0.05) is 12.8 Å². The first-order valence-electron chi connectivity index (χ1n) is 11.6. The zero-order chi connectivity index (χ0) is 23.6. The van der Waals surface area contributed by atoms with Crippen LogP contribution >= 0.6 is 0 Å². The second-order valence-electron chi connectivity index (χ2n) is 9.15. The molecule has 2 aliphatic carbocycles. The van der Waals surface area contributed by atoms with Crippen LogP contribution in [0.25, 0.3) is 0 Å². The molecule has 1 aromatic carbocycles. The number of carbonyl (C=O) groups is 2. The standard InChI is InChI=1S/C23H31F3N4O3/c24-23(25,26)18-11-16(7-8-19(18)29-9-10-33-14-21(29)31)28-22(32)20(12-27)30(17-5-2-6-17)13-15-3-1-4-15/h7-8,11,15,17,20H,1-6,9-10,12-14,27H2,(H,28,32)/t20-/m1/s1. The zero-order valence-corrected chi connectivity index (χ0v) is 18.6. The van der Waals surface area contributed by atoms with Crippen LogP contribution in [0.5, 0.6) is 0 Å². The van der Waals surface area contributed by atoms with Crippen molar-refractivity contribution in [2.24, 2.45) is 11.7 Å².